The first-order valence-corrected chi connectivity index (χ1v) is 15.0. The molecule has 1 aromatic heterocycles. The van der Waals surface area contributed by atoms with Gasteiger partial charge in [-0.1, -0.05) is 13.8 Å². The van der Waals surface area contributed by atoms with Gasteiger partial charge in [-0.25, -0.2) is 13.2 Å². The monoisotopic (exact) mass is 562 g/mol. The molecule has 0 bridgehead atoms. The highest BCUT2D eigenvalue weighted by Gasteiger charge is 2.33. The van der Waals surface area contributed by atoms with Crippen molar-refractivity contribution < 1.29 is 27.5 Å². The summed E-state index contributed by atoms with van der Waals surface area (Å²) in [6.45, 7) is 7.77. The van der Waals surface area contributed by atoms with Crippen LogP contribution < -0.4 is 10.6 Å². The molecule has 2 aliphatic heterocycles. The molecule has 12 heteroatoms. The number of sulfonamides is 1. The van der Waals surface area contributed by atoms with Crippen LogP contribution in [-0.4, -0.2) is 68.8 Å². The van der Waals surface area contributed by atoms with Crippen LogP contribution in [0.1, 0.15) is 58.3 Å². The average Bonchev–Trinajstić information content (AvgIpc) is 3.24. The lowest BCUT2D eigenvalue weighted by Crippen LogP contribution is -2.42. The highest BCUT2D eigenvalue weighted by atomic mass is 32.2. The highest BCUT2D eigenvalue weighted by Crippen LogP contribution is 2.37. The standard InChI is InChI=1S/C26H34N4O6S2/c1-5-36-26(33)29-11-10-20-21(15-29)37-25(22(20)24(32)27-4)28-23(31)18-6-8-19(9-7-18)38(34,35)30-13-16(2)12-17(3)14-30/h6-9,16-17H,5,10-15H2,1-4H3,(H,27,32)(H,28,31). The third-order valence-corrected chi connectivity index (χ3v) is 9.83. The molecule has 1 saturated heterocycles. The van der Waals surface area contributed by atoms with Gasteiger partial charge in [0.15, 0.2) is 0 Å². The Morgan fingerprint density at radius 1 is 1.08 bits per heavy atom. The van der Waals surface area contributed by atoms with E-state index in [2.05, 4.69) is 24.5 Å². The summed E-state index contributed by atoms with van der Waals surface area (Å²) in [4.78, 5) is 40.6. The number of ether oxygens (including phenoxy) is 1. The third-order valence-electron chi connectivity index (χ3n) is 6.85. The van der Waals surface area contributed by atoms with Crippen LogP contribution in [0.15, 0.2) is 29.2 Å². The number of anilines is 1. The van der Waals surface area contributed by atoms with Crippen molar-refractivity contribution in [1.29, 1.82) is 0 Å². The van der Waals surface area contributed by atoms with Crippen LogP contribution in [0.2, 0.25) is 0 Å². The predicted molar refractivity (Wildman–Crippen MR) is 145 cm³/mol. The van der Waals surface area contributed by atoms with Crippen molar-refractivity contribution >= 4 is 44.3 Å². The van der Waals surface area contributed by atoms with E-state index >= 15 is 0 Å². The molecule has 38 heavy (non-hydrogen) atoms. The zero-order valence-corrected chi connectivity index (χ0v) is 23.7. The van der Waals surface area contributed by atoms with Crippen LogP contribution >= 0.6 is 11.3 Å². The van der Waals surface area contributed by atoms with Crippen molar-refractivity contribution in [2.75, 3.05) is 38.6 Å². The summed E-state index contributed by atoms with van der Waals surface area (Å²) >= 11 is 1.25. The number of hydrogen-bond acceptors (Lipinski definition) is 7. The second-order valence-electron chi connectivity index (χ2n) is 9.90. The maximum atomic E-state index is 13.2. The number of hydrogen-bond donors (Lipinski definition) is 2. The van der Waals surface area contributed by atoms with Gasteiger partial charge in [-0.05, 0) is 61.4 Å². The topological polar surface area (TPSA) is 125 Å². The summed E-state index contributed by atoms with van der Waals surface area (Å²) in [6.07, 6.45) is 1.04. The number of fused-ring (bicyclic) bond motifs is 1. The molecule has 0 aliphatic carbocycles. The van der Waals surface area contributed by atoms with E-state index in [1.807, 2.05) is 0 Å². The summed E-state index contributed by atoms with van der Waals surface area (Å²) in [6, 6.07) is 5.86. The Labute approximate surface area is 227 Å². The molecule has 10 nitrogen and oxygen atoms in total. The Morgan fingerprint density at radius 3 is 2.34 bits per heavy atom. The number of carbonyl (C=O) groups excluding carboxylic acids is 3. The fourth-order valence-corrected chi connectivity index (χ4v) is 8.07. The van der Waals surface area contributed by atoms with E-state index in [1.165, 1.54) is 47.0 Å². The Kier molecular flexibility index (Phi) is 8.43. The first kappa shape index (κ1) is 28.1. The van der Waals surface area contributed by atoms with Crippen LogP contribution in [0.3, 0.4) is 0 Å². The minimum atomic E-state index is -3.66. The Bertz CT molecular complexity index is 1310. The first-order chi connectivity index (χ1) is 18.0. The van der Waals surface area contributed by atoms with Crippen molar-refractivity contribution in [2.45, 2.75) is 45.1 Å². The third kappa shape index (κ3) is 5.71. The second kappa shape index (κ2) is 11.4. The van der Waals surface area contributed by atoms with Crippen LogP contribution in [0, 0.1) is 11.8 Å². The molecule has 2 N–H and O–H groups in total. The fourth-order valence-electron chi connectivity index (χ4n) is 5.13. The molecule has 3 amide bonds. The predicted octanol–water partition coefficient (Wildman–Crippen LogP) is 3.54. The molecule has 2 aliphatic rings. The van der Waals surface area contributed by atoms with E-state index in [4.69, 9.17) is 4.74 Å². The van der Waals surface area contributed by atoms with Crippen LogP contribution in [0.25, 0.3) is 0 Å². The number of nitrogens with one attached hydrogen (secondary N) is 2. The van der Waals surface area contributed by atoms with Gasteiger partial charge >= 0.3 is 6.09 Å². The number of piperidine rings is 1. The molecule has 1 fully saturated rings. The molecule has 0 spiro atoms. The maximum Gasteiger partial charge on any atom is 0.410 e. The molecular weight excluding hydrogens is 528 g/mol. The van der Waals surface area contributed by atoms with Gasteiger partial charge in [0.2, 0.25) is 10.0 Å². The van der Waals surface area contributed by atoms with Gasteiger partial charge < -0.3 is 20.3 Å². The molecule has 3 heterocycles. The second-order valence-corrected chi connectivity index (χ2v) is 12.9. The smallest absolute Gasteiger partial charge is 0.410 e. The van der Waals surface area contributed by atoms with Crippen molar-refractivity contribution in [3.05, 3.63) is 45.8 Å². The van der Waals surface area contributed by atoms with E-state index in [0.717, 1.165) is 16.9 Å². The molecule has 206 valence electrons. The molecule has 1 aromatic carbocycles. The summed E-state index contributed by atoms with van der Waals surface area (Å²) in [5.41, 5.74) is 1.46. The van der Waals surface area contributed by atoms with E-state index < -0.39 is 22.0 Å². The molecule has 0 saturated carbocycles. The minimum Gasteiger partial charge on any atom is -0.450 e. The quantitative estimate of drug-likeness (QED) is 0.555. The first-order valence-electron chi connectivity index (χ1n) is 12.7. The van der Waals surface area contributed by atoms with Gasteiger partial charge in [0, 0.05) is 37.1 Å². The zero-order valence-electron chi connectivity index (χ0n) is 22.1. The average molecular weight is 563 g/mol. The number of carbonyl (C=O) groups is 3. The number of nitrogens with zero attached hydrogens (tertiary/aromatic N) is 2. The molecule has 2 aromatic rings. The minimum absolute atomic E-state index is 0.145. The van der Waals surface area contributed by atoms with Gasteiger partial charge in [0.25, 0.3) is 11.8 Å². The molecule has 4 rings (SSSR count). The SMILES string of the molecule is CCOC(=O)N1CCc2c(sc(NC(=O)c3ccc(S(=O)(=O)N4CC(C)CC(C)C4)cc3)c2C(=O)NC)C1. The largest absolute Gasteiger partial charge is 0.450 e. The molecular formula is C26H34N4O6S2. The fraction of sp³-hybridized carbons (Fsp3) is 0.500. The number of amides is 3. The number of thiophene rings is 1. The number of benzene rings is 1. The summed E-state index contributed by atoms with van der Waals surface area (Å²) in [5.74, 6) is -0.211. The lowest BCUT2D eigenvalue weighted by atomic mass is 9.94. The van der Waals surface area contributed by atoms with E-state index in [1.54, 1.807) is 11.8 Å². The normalized spacial score (nSPS) is 19.9. The van der Waals surface area contributed by atoms with E-state index in [0.29, 0.717) is 43.2 Å². The van der Waals surface area contributed by atoms with Crippen LogP contribution in [0.5, 0.6) is 0 Å². The van der Waals surface area contributed by atoms with Gasteiger partial charge in [-0.2, -0.15) is 4.31 Å². The molecule has 2 unspecified atom stereocenters. The lowest BCUT2D eigenvalue weighted by molar-refractivity contribution is 0.0961. The molecule has 0 radical (unpaired) electrons. The van der Waals surface area contributed by atoms with Crippen molar-refractivity contribution in [3.63, 3.8) is 0 Å². The Hall–Kier alpha value is -2.96. The zero-order chi connectivity index (χ0) is 27.6. The van der Waals surface area contributed by atoms with Crippen LogP contribution in [-0.2, 0) is 27.7 Å². The Morgan fingerprint density at radius 2 is 1.74 bits per heavy atom. The van der Waals surface area contributed by atoms with Gasteiger partial charge in [0.05, 0.1) is 23.6 Å². The Balaban J connectivity index is 1.54. The highest BCUT2D eigenvalue weighted by molar-refractivity contribution is 7.89. The summed E-state index contributed by atoms with van der Waals surface area (Å²) in [5, 5.41) is 5.84. The van der Waals surface area contributed by atoms with E-state index in [-0.39, 0.29) is 34.8 Å². The summed E-state index contributed by atoms with van der Waals surface area (Å²) < 4.78 is 33.0. The van der Waals surface area contributed by atoms with Gasteiger partial charge in [0.1, 0.15) is 5.00 Å². The number of rotatable bonds is 6. The van der Waals surface area contributed by atoms with Gasteiger partial charge in [-0.3, -0.25) is 9.59 Å². The van der Waals surface area contributed by atoms with Crippen molar-refractivity contribution in [2.24, 2.45) is 11.8 Å². The molecule has 2 atom stereocenters. The van der Waals surface area contributed by atoms with Crippen molar-refractivity contribution in [1.82, 2.24) is 14.5 Å². The summed E-state index contributed by atoms with van der Waals surface area (Å²) in [7, 11) is -2.14. The van der Waals surface area contributed by atoms with Crippen LogP contribution in [0.4, 0.5) is 9.80 Å². The lowest BCUT2D eigenvalue weighted by Gasteiger charge is -2.34. The van der Waals surface area contributed by atoms with Crippen molar-refractivity contribution in [3.8, 4) is 0 Å². The maximum absolute atomic E-state index is 13.2. The van der Waals surface area contributed by atoms with Gasteiger partial charge in [-0.15, -0.1) is 11.3 Å². The van der Waals surface area contributed by atoms with E-state index in [9.17, 15) is 22.8 Å².